The second-order valence-corrected chi connectivity index (χ2v) is 6.50. The Labute approximate surface area is 167 Å². The molecule has 8 heteroatoms. The summed E-state index contributed by atoms with van der Waals surface area (Å²) in [5.74, 6) is -0.0617. The van der Waals surface area contributed by atoms with Crippen molar-refractivity contribution in [2.24, 2.45) is 0 Å². The minimum absolute atomic E-state index is 0.160. The van der Waals surface area contributed by atoms with E-state index in [0.717, 1.165) is 11.3 Å². The van der Waals surface area contributed by atoms with Crippen molar-refractivity contribution >= 4 is 46.3 Å². The number of aryl methyl sites for hydroxylation is 1. The molecular weight excluding hydrogens is 378 g/mol. The van der Waals surface area contributed by atoms with Gasteiger partial charge in [0, 0.05) is 35.1 Å². The lowest BCUT2D eigenvalue weighted by molar-refractivity contribution is -0.114. The Morgan fingerprint density at radius 3 is 2.18 bits per heavy atom. The predicted molar refractivity (Wildman–Crippen MR) is 110 cm³/mol. The molecule has 1 aromatic heterocycles. The van der Waals surface area contributed by atoms with Crippen molar-refractivity contribution in [2.45, 2.75) is 13.8 Å². The van der Waals surface area contributed by atoms with E-state index in [0.29, 0.717) is 22.2 Å². The number of rotatable bonds is 5. The second kappa shape index (κ2) is 8.49. The Bertz CT molecular complexity index is 1020. The Hall–Kier alpha value is -3.45. The van der Waals surface area contributed by atoms with Gasteiger partial charge in [-0.3, -0.25) is 9.59 Å². The minimum Gasteiger partial charge on any atom is -0.340 e. The van der Waals surface area contributed by atoms with Crippen LogP contribution < -0.4 is 16.0 Å². The van der Waals surface area contributed by atoms with Crippen LogP contribution in [-0.2, 0) is 4.79 Å². The highest BCUT2D eigenvalue weighted by Gasteiger charge is 2.10. The number of nitrogens with zero attached hydrogens (tertiary/aromatic N) is 2. The number of carbonyl (C=O) groups is 2. The van der Waals surface area contributed by atoms with Gasteiger partial charge in [0.1, 0.15) is 17.8 Å². The predicted octanol–water partition coefficient (Wildman–Crippen LogP) is 4.39. The molecular formula is C20H18ClN5O2. The third-order valence-corrected chi connectivity index (χ3v) is 4.21. The van der Waals surface area contributed by atoms with Crippen LogP contribution in [0.15, 0.2) is 54.9 Å². The fourth-order valence-electron chi connectivity index (χ4n) is 2.40. The quantitative estimate of drug-likeness (QED) is 0.595. The molecule has 2 aromatic carbocycles. The van der Waals surface area contributed by atoms with Crippen molar-refractivity contribution in [1.82, 2.24) is 9.97 Å². The van der Waals surface area contributed by atoms with E-state index in [1.807, 2.05) is 19.1 Å². The summed E-state index contributed by atoms with van der Waals surface area (Å²) >= 11 is 6.13. The zero-order valence-corrected chi connectivity index (χ0v) is 16.0. The first-order valence-corrected chi connectivity index (χ1v) is 8.83. The maximum absolute atomic E-state index is 12.5. The lowest BCUT2D eigenvalue weighted by Crippen LogP contribution is -2.14. The standard InChI is InChI=1S/C20H18ClN5O2/c1-12-3-4-16(9-17(12)21)25-19-10-18(22-11-23-19)20(28)26-15-7-5-14(6-8-15)24-13(2)27/h3-11H,1-2H3,(H,24,27)(H,26,28)(H,22,23,25). The molecule has 0 unspecified atom stereocenters. The number of carbonyl (C=O) groups excluding carboxylic acids is 2. The Morgan fingerprint density at radius 1 is 0.893 bits per heavy atom. The largest absolute Gasteiger partial charge is 0.340 e. The van der Waals surface area contributed by atoms with Crippen molar-refractivity contribution < 1.29 is 9.59 Å². The average Bonchev–Trinajstić information content (AvgIpc) is 2.66. The van der Waals surface area contributed by atoms with E-state index in [1.54, 1.807) is 36.4 Å². The summed E-state index contributed by atoms with van der Waals surface area (Å²) in [7, 11) is 0. The molecule has 0 spiro atoms. The summed E-state index contributed by atoms with van der Waals surface area (Å²) in [6, 6.07) is 13.9. The van der Waals surface area contributed by atoms with E-state index in [4.69, 9.17) is 11.6 Å². The summed E-state index contributed by atoms with van der Waals surface area (Å²) in [4.78, 5) is 31.7. The zero-order valence-electron chi connectivity index (χ0n) is 15.3. The minimum atomic E-state index is -0.375. The highest BCUT2D eigenvalue weighted by atomic mass is 35.5. The van der Waals surface area contributed by atoms with E-state index in [1.165, 1.54) is 13.3 Å². The Balaban J connectivity index is 1.69. The maximum atomic E-state index is 12.5. The number of hydrogen-bond donors (Lipinski definition) is 3. The number of halogens is 1. The van der Waals surface area contributed by atoms with Crippen LogP contribution in [0, 0.1) is 6.92 Å². The van der Waals surface area contributed by atoms with Gasteiger partial charge in [-0.1, -0.05) is 17.7 Å². The van der Waals surface area contributed by atoms with Crippen LogP contribution >= 0.6 is 11.6 Å². The van der Waals surface area contributed by atoms with Gasteiger partial charge < -0.3 is 16.0 Å². The van der Waals surface area contributed by atoms with Gasteiger partial charge in [-0.2, -0.15) is 0 Å². The molecule has 0 aliphatic heterocycles. The van der Waals surface area contributed by atoms with Crippen molar-refractivity contribution in [3.63, 3.8) is 0 Å². The van der Waals surface area contributed by atoms with Gasteiger partial charge >= 0.3 is 0 Å². The molecule has 3 aromatic rings. The molecule has 0 aliphatic carbocycles. The van der Waals surface area contributed by atoms with Gasteiger partial charge in [0.15, 0.2) is 0 Å². The summed E-state index contributed by atoms with van der Waals surface area (Å²) in [5.41, 5.74) is 3.17. The van der Waals surface area contributed by atoms with E-state index in [9.17, 15) is 9.59 Å². The lowest BCUT2D eigenvalue weighted by atomic mass is 10.2. The molecule has 0 aliphatic rings. The highest BCUT2D eigenvalue weighted by Crippen LogP contribution is 2.22. The van der Waals surface area contributed by atoms with Crippen LogP contribution in [0.3, 0.4) is 0 Å². The van der Waals surface area contributed by atoms with Gasteiger partial charge in [-0.05, 0) is 48.9 Å². The van der Waals surface area contributed by atoms with Gasteiger partial charge in [-0.25, -0.2) is 9.97 Å². The van der Waals surface area contributed by atoms with E-state index < -0.39 is 0 Å². The van der Waals surface area contributed by atoms with Gasteiger partial charge in [-0.15, -0.1) is 0 Å². The SMILES string of the molecule is CC(=O)Nc1ccc(NC(=O)c2cc(Nc3ccc(C)c(Cl)c3)ncn2)cc1. The molecule has 142 valence electrons. The number of amides is 2. The van der Waals surface area contributed by atoms with Crippen molar-refractivity contribution in [3.05, 3.63) is 71.1 Å². The van der Waals surface area contributed by atoms with Crippen LogP contribution in [-0.4, -0.2) is 21.8 Å². The molecule has 3 N–H and O–H groups in total. The summed E-state index contributed by atoms with van der Waals surface area (Å²) < 4.78 is 0. The highest BCUT2D eigenvalue weighted by molar-refractivity contribution is 6.31. The first-order chi connectivity index (χ1) is 13.4. The second-order valence-electron chi connectivity index (χ2n) is 6.09. The third kappa shape index (κ3) is 5.05. The fourth-order valence-corrected chi connectivity index (χ4v) is 2.58. The molecule has 1 heterocycles. The van der Waals surface area contributed by atoms with E-state index in [-0.39, 0.29) is 17.5 Å². The summed E-state index contributed by atoms with van der Waals surface area (Å²) in [6.07, 6.45) is 1.31. The van der Waals surface area contributed by atoms with Crippen LogP contribution in [0.5, 0.6) is 0 Å². The first kappa shape index (κ1) is 19.3. The molecule has 2 amide bonds. The van der Waals surface area contributed by atoms with Crippen LogP contribution in [0.25, 0.3) is 0 Å². The molecule has 0 saturated carbocycles. The number of anilines is 4. The number of benzene rings is 2. The summed E-state index contributed by atoms with van der Waals surface area (Å²) in [5, 5.41) is 9.16. The van der Waals surface area contributed by atoms with Gasteiger partial charge in [0.25, 0.3) is 5.91 Å². The smallest absolute Gasteiger partial charge is 0.274 e. The van der Waals surface area contributed by atoms with Crippen molar-refractivity contribution in [1.29, 1.82) is 0 Å². The van der Waals surface area contributed by atoms with Crippen molar-refractivity contribution in [2.75, 3.05) is 16.0 Å². The van der Waals surface area contributed by atoms with E-state index in [2.05, 4.69) is 25.9 Å². The molecule has 0 saturated heterocycles. The fraction of sp³-hybridized carbons (Fsp3) is 0.100. The number of nitrogens with one attached hydrogen (secondary N) is 3. The topological polar surface area (TPSA) is 96.0 Å². The maximum Gasteiger partial charge on any atom is 0.274 e. The molecule has 3 rings (SSSR count). The van der Waals surface area contributed by atoms with Crippen molar-refractivity contribution in [3.8, 4) is 0 Å². The monoisotopic (exact) mass is 395 g/mol. The van der Waals surface area contributed by atoms with Crippen LogP contribution in [0.4, 0.5) is 22.9 Å². The van der Waals surface area contributed by atoms with Gasteiger partial charge in [0.05, 0.1) is 0 Å². The molecule has 7 nitrogen and oxygen atoms in total. The normalized spacial score (nSPS) is 10.2. The van der Waals surface area contributed by atoms with Gasteiger partial charge in [0.2, 0.25) is 5.91 Å². The number of hydrogen-bond acceptors (Lipinski definition) is 5. The Kier molecular flexibility index (Phi) is 5.86. The molecule has 0 bridgehead atoms. The molecule has 28 heavy (non-hydrogen) atoms. The lowest BCUT2D eigenvalue weighted by Gasteiger charge is -2.09. The van der Waals surface area contributed by atoms with Crippen LogP contribution in [0.2, 0.25) is 5.02 Å². The zero-order chi connectivity index (χ0) is 20.1. The van der Waals surface area contributed by atoms with Crippen LogP contribution in [0.1, 0.15) is 23.0 Å². The van der Waals surface area contributed by atoms with E-state index >= 15 is 0 Å². The molecule has 0 atom stereocenters. The average molecular weight is 396 g/mol. The Morgan fingerprint density at radius 2 is 1.54 bits per heavy atom. The molecule has 0 radical (unpaired) electrons. The third-order valence-electron chi connectivity index (χ3n) is 3.81. The first-order valence-electron chi connectivity index (χ1n) is 8.45. The number of aromatic nitrogens is 2. The molecule has 0 fully saturated rings. The summed E-state index contributed by atoms with van der Waals surface area (Å²) in [6.45, 7) is 3.35.